The van der Waals surface area contributed by atoms with Crippen molar-refractivity contribution in [3.05, 3.63) is 58.1 Å². The van der Waals surface area contributed by atoms with E-state index in [-0.39, 0.29) is 5.97 Å². The van der Waals surface area contributed by atoms with Crippen molar-refractivity contribution in [3.8, 4) is 0 Å². The smallest absolute Gasteiger partial charge is 0.341 e. The Bertz CT molecular complexity index is 644. The maximum Gasteiger partial charge on any atom is 0.341 e. The number of hydrogen-bond acceptors (Lipinski definition) is 4. The molecular weight excluding hydrogens is 288 g/mol. The quantitative estimate of drug-likeness (QED) is 0.794. The van der Waals surface area contributed by atoms with Crippen LogP contribution in [-0.4, -0.2) is 22.5 Å². The zero-order valence-electron chi connectivity index (χ0n) is 12.1. The van der Waals surface area contributed by atoms with E-state index in [4.69, 9.17) is 16.3 Å². The molecule has 0 spiro atoms. The fourth-order valence-corrected chi connectivity index (χ4v) is 2.23. The SMILES string of the molecule is CCOC(=O)c1cnc(Cc2cccc(Cl)c2)nc1CC. The van der Waals surface area contributed by atoms with Crippen molar-refractivity contribution in [2.75, 3.05) is 6.61 Å². The van der Waals surface area contributed by atoms with Crippen LogP contribution in [0.25, 0.3) is 0 Å². The first-order valence-corrected chi connectivity index (χ1v) is 7.28. The highest BCUT2D eigenvalue weighted by molar-refractivity contribution is 6.30. The summed E-state index contributed by atoms with van der Waals surface area (Å²) in [6, 6.07) is 7.58. The average molecular weight is 305 g/mol. The van der Waals surface area contributed by atoms with Crippen molar-refractivity contribution in [1.82, 2.24) is 9.97 Å². The largest absolute Gasteiger partial charge is 0.462 e. The molecule has 0 unspecified atom stereocenters. The van der Waals surface area contributed by atoms with Crippen LogP contribution in [0.2, 0.25) is 5.02 Å². The Balaban J connectivity index is 2.24. The number of esters is 1. The third kappa shape index (κ3) is 4.02. The van der Waals surface area contributed by atoms with Crippen LogP contribution in [-0.2, 0) is 17.6 Å². The van der Waals surface area contributed by atoms with Gasteiger partial charge < -0.3 is 4.74 Å². The Morgan fingerprint density at radius 3 is 2.81 bits per heavy atom. The summed E-state index contributed by atoms with van der Waals surface area (Å²) in [4.78, 5) is 20.5. The van der Waals surface area contributed by atoms with Crippen LogP contribution in [0, 0.1) is 0 Å². The standard InChI is InChI=1S/C16H17ClN2O2/c1-3-14-13(16(20)21-4-2)10-18-15(19-14)9-11-6-5-7-12(17)8-11/h5-8,10H,3-4,9H2,1-2H3. The van der Waals surface area contributed by atoms with Gasteiger partial charge in [-0.15, -0.1) is 0 Å². The van der Waals surface area contributed by atoms with E-state index in [0.717, 1.165) is 5.56 Å². The Morgan fingerprint density at radius 1 is 1.33 bits per heavy atom. The van der Waals surface area contributed by atoms with Crippen LogP contribution in [0.4, 0.5) is 0 Å². The number of halogens is 1. The molecule has 1 aromatic heterocycles. The van der Waals surface area contributed by atoms with Crippen LogP contribution in [0.1, 0.15) is 41.3 Å². The molecule has 21 heavy (non-hydrogen) atoms. The third-order valence-electron chi connectivity index (χ3n) is 3.00. The van der Waals surface area contributed by atoms with E-state index in [1.165, 1.54) is 0 Å². The minimum Gasteiger partial charge on any atom is -0.462 e. The van der Waals surface area contributed by atoms with Gasteiger partial charge in [0.1, 0.15) is 5.82 Å². The molecule has 0 aliphatic heterocycles. The van der Waals surface area contributed by atoms with E-state index in [1.54, 1.807) is 13.1 Å². The van der Waals surface area contributed by atoms with E-state index >= 15 is 0 Å². The van der Waals surface area contributed by atoms with Gasteiger partial charge in [-0.2, -0.15) is 0 Å². The molecule has 1 heterocycles. The number of carbonyl (C=O) groups excluding carboxylic acids is 1. The molecule has 0 aliphatic rings. The number of hydrogen-bond donors (Lipinski definition) is 0. The first-order chi connectivity index (χ1) is 10.1. The predicted molar refractivity (Wildman–Crippen MR) is 81.6 cm³/mol. The van der Waals surface area contributed by atoms with Gasteiger partial charge in [0, 0.05) is 17.6 Å². The molecule has 0 atom stereocenters. The normalized spacial score (nSPS) is 10.4. The Labute approximate surface area is 129 Å². The molecule has 0 N–H and O–H groups in total. The maximum absolute atomic E-state index is 11.8. The van der Waals surface area contributed by atoms with E-state index in [1.807, 2.05) is 31.2 Å². The number of benzene rings is 1. The molecule has 0 radical (unpaired) electrons. The fraction of sp³-hybridized carbons (Fsp3) is 0.312. The van der Waals surface area contributed by atoms with Gasteiger partial charge in [0.15, 0.2) is 0 Å². The van der Waals surface area contributed by atoms with Crippen molar-refractivity contribution in [2.45, 2.75) is 26.7 Å². The molecule has 0 bridgehead atoms. The van der Waals surface area contributed by atoms with E-state index < -0.39 is 0 Å². The lowest BCUT2D eigenvalue weighted by Gasteiger charge is -2.08. The third-order valence-corrected chi connectivity index (χ3v) is 3.23. The minimum absolute atomic E-state index is 0.340. The Morgan fingerprint density at radius 2 is 2.14 bits per heavy atom. The second kappa shape index (κ2) is 7.18. The van der Waals surface area contributed by atoms with E-state index in [2.05, 4.69) is 9.97 Å². The lowest BCUT2D eigenvalue weighted by Crippen LogP contribution is -2.12. The molecule has 2 aromatic rings. The summed E-state index contributed by atoms with van der Waals surface area (Å²) in [6.45, 7) is 4.07. The first-order valence-electron chi connectivity index (χ1n) is 6.90. The summed E-state index contributed by atoms with van der Waals surface area (Å²) in [7, 11) is 0. The number of ether oxygens (including phenoxy) is 1. The van der Waals surface area contributed by atoms with Crippen LogP contribution in [0.5, 0.6) is 0 Å². The van der Waals surface area contributed by atoms with Gasteiger partial charge >= 0.3 is 5.97 Å². The Hall–Kier alpha value is -1.94. The van der Waals surface area contributed by atoms with Gasteiger partial charge in [-0.25, -0.2) is 14.8 Å². The summed E-state index contributed by atoms with van der Waals surface area (Å²) in [5.74, 6) is 0.297. The summed E-state index contributed by atoms with van der Waals surface area (Å²) < 4.78 is 5.01. The lowest BCUT2D eigenvalue weighted by molar-refractivity contribution is 0.0524. The molecular formula is C16H17ClN2O2. The van der Waals surface area contributed by atoms with E-state index in [9.17, 15) is 4.79 Å². The molecule has 2 rings (SSSR count). The van der Waals surface area contributed by atoms with Gasteiger partial charge in [-0.3, -0.25) is 0 Å². The molecule has 0 saturated carbocycles. The molecule has 110 valence electrons. The average Bonchev–Trinajstić information content (AvgIpc) is 2.47. The van der Waals surface area contributed by atoms with Crippen LogP contribution in [0.15, 0.2) is 30.5 Å². The predicted octanol–water partition coefficient (Wildman–Crippen LogP) is 3.46. The zero-order chi connectivity index (χ0) is 15.2. The summed E-state index contributed by atoms with van der Waals surface area (Å²) in [6.07, 6.45) is 2.78. The number of carbonyl (C=O) groups is 1. The van der Waals surface area contributed by atoms with Gasteiger partial charge in [-0.1, -0.05) is 30.7 Å². The van der Waals surface area contributed by atoms with Crippen LogP contribution in [0.3, 0.4) is 0 Å². The van der Waals surface area contributed by atoms with Crippen LogP contribution < -0.4 is 0 Å². The van der Waals surface area contributed by atoms with E-state index in [0.29, 0.717) is 41.6 Å². The van der Waals surface area contributed by atoms with Crippen molar-refractivity contribution >= 4 is 17.6 Å². The molecule has 5 heteroatoms. The molecule has 0 aliphatic carbocycles. The van der Waals surface area contributed by atoms with Gasteiger partial charge in [0.05, 0.1) is 17.9 Å². The zero-order valence-corrected chi connectivity index (χ0v) is 12.9. The lowest BCUT2D eigenvalue weighted by atomic mass is 10.1. The highest BCUT2D eigenvalue weighted by Gasteiger charge is 2.14. The Kier molecular flexibility index (Phi) is 5.28. The van der Waals surface area contributed by atoms with Crippen molar-refractivity contribution in [3.63, 3.8) is 0 Å². The summed E-state index contributed by atoms with van der Waals surface area (Å²) in [5, 5.41) is 0.686. The molecule has 1 aromatic carbocycles. The molecule has 0 saturated heterocycles. The maximum atomic E-state index is 11.8. The number of nitrogens with zero attached hydrogens (tertiary/aromatic N) is 2. The highest BCUT2D eigenvalue weighted by Crippen LogP contribution is 2.15. The number of aromatic nitrogens is 2. The monoisotopic (exact) mass is 304 g/mol. The van der Waals surface area contributed by atoms with Gasteiger partial charge in [0.25, 0.3) is 0 Å². The van der Waals surface area contributed by atoms with Crippen molar-refractivity contribution < 1.29 is 9.53 Å². The molecule has 0 amide bonds. The minimum atomic E-state index is -0.372. The highest BCUT2D eigenvalue weighted by atomic mass is 35.5. The number of aryl methyl sites for hydroxylation is 1. The summed E-state index contributed by atoms with van der Waals surface area (Å²) >= 11 is 5.97. The van der Waals surface area contributed by atoms with Gasteiger partial charge in [0.2, 0.25) is 0 Å². The van der Waals surface area contributed by atoms with Crippen molar-refractivity contribution in [1.29, 1.82) is 0 Å². The number of rotatable bonds is 5. The fourth-order valence-electron chi connectivity index (χ4n) is 2.02. The topological polar surface area (TPSA) is 52.1 Å². The second-order valence-corrected chi connectivity index (χ2v) is 4.96. The molecule has 0 fully saturated rings. The van der Waals surface area contributed by atoms with Gasteiger partial charge in [-0.05, 0) is 31.0 Å². The second-order valence-electron chi connectivity index (χ2n) is 4.53. The van der Waals surface area contributed by atoms with Crippen molar-refractivity contribution in [2.24, 2.45) is 0 Å². The first kappa shape index (κ1) is 15.4. The molecule has 4 nitrogen and oxygen atoms in total. The summed E-state index contributed by atoms with van der Waals surface area (Å²) in [5.41, 5.74) is 2.18. The van der Waals surface area contributed by atoms with Crippen LogP contribution >= 0.6 is 11.6 Å².